The van der Waals surface area contributed by atoms with Gasteiger partial charge in [-0.25, -0.2) is 0 Å². The number of nitrogen functional groups attached to an aromatic ring is 1. The Morgan fingerprint density at radius 1 is 1.39 bits per heavy atom. The highest BCUT2D eigenvalue weighted by Gasteiger charge is 2.15. The van der Waals surface area contributed by atoms with E-state index < -0.39 is 0 Å². The maximum Gasteiger partial charge on any atom is 0.220 e. The van der Waals surface area contributed by atoms with Gasteiger partial charge < -0.3 is 15.8 Å². The lowest BCUT2D eigenvalue weighted by Crippen LogP contribution is -2.30. The minimum Gasteiger partial charge on any atom is -0.492 e. The van der Waals surface area contributed by atoms with Gasteiger partial charge in [-0.2, -0.15) is 0 Å². The van der Waals surface area contributed by atoms with Crippen molar-refractivity contribution in [3.05, 3.63) is 24.3 Å². The van der Waals surface area contributed by atoms with Gasteiger partial charge in [0.05, 0.1) is 6.54 Å². The average molecular weight is 250 g/mol. The Balaban J connectivity index is 2.21. The van der Waals surface area contributed by atoms with Crippen LogP contribution in [0.4, 0.5) is 5.69 Å². The molecule has 0 saturated carbocycles. The maximum absolute atomic E-state index is 11.5. The molecule has 0 bridgehead atoms. The van der Waals surface area contributed by atoms with Crippen LogP contribution in [-0.2, 0) is 4.79 Å². The van der Waals surface area contributed by atoms with E-state index in [0.29, 0.717) is 25.3 Å². The van der Waals surface area contributed by atoms with Gasteiger partial charge in [0.25, 0.3) is 0 Å². The van der Waals surface area contributed by atoms with Gasteiger partial charge in [0, 0.05) is 18.2 Å². The molecule has 18 heavy (non-hydrogen) atoms. The molecule has 0 aliphatic heterocycles. The summed E-state index contributed by atoms with van der Waals surface area (Å²) in [6, 6.07) is 7.24. The number of nitrogens with two attached hydrogens (primary N) is 1. The lowest BCUT2D eigenvalue weighted by atomic mass is 9.92. The first-order valence-electron chi connectivity index (χ1n) is 6.12. The van der Waals surface area contributed by atoms with Crippen molar-refractivity contribution in [2.45, 2.75) is 27.2 Å². The van der Waals surface area contributed by atoms with Gasteiger partial charge in [-0.15, -0.1) is 0 Å². The van der Waals surface area contributed by atoms with E-state index in [1.165, 1.54) is 0 Å². The average Bonchev–Trinajstić information content (AvgIpc) is 2.22. The summed E-state index contributed by atoms with van der Waals surface area (Å²) in [5, 5.41) is 2.83. The number of ether oxygens (including phenoxy) is 1. The standard InChI is InChI=1S/C14H22N2O2/c1-14(2,3)10-13(17)16-7-8-18-12-6-4-5-11(15)9-12/h4-6,9H,7-8,10,15H2,1-3H3,(H,16,17). The first-order chi connectivity index (χ1) is 8.37. The molecule has 0 saturated heterocycles. The molecule has 3 N–H and O–H groups in total. The van der Waals surface area contributed by atoms with Gasteiger partial charge in [0.1, 0.15) is 12.4 Å². The fourth-order valence-corrected chi connectivity index (χ4v) is 1.51. The molecule has 0 radical (unpaired) electrons. The molecule has 0 heterocycles. The zero-order chi connectivity index (χ0) is 13.6. The second-order valence-electron chi connectivity index (χ2n) is 5.51. The van der Waals surface area contributed by atoms with Crippen LogP contribution in [0.15, 0.2) is 24.3 Å². The summed E-state index contributed by atoms with van der Waals surface area (Å²) in [5.41, 5.74) is 6.31. The highest BCUT2D eigenvalue weighted by Crippen LogP contribution is 2.17. The highest BCUT2D eigenvalue weighted by molar-refractivity contribution is 5.76. The number of rotatable bonds is 5. The van der Waals surface area contributed by atoms with E-state index in [4.69, 9.17) is 10.5 Å². The summed E-state index contributed by atoms with van der Waals surface area (Å²) in [4.78, 5) is 11.5. The predicted octanol–water partition coefficient (Wildman–Crippen LogP) is 2.20. The van der Waals surface area contributed by atoms with Crippen LogP contribution >= 0.6 is 0 Å². The van der Waals surface area contributed by atoms with Crippen molar-refractivity contribution in [2.24, 2.45) is 5.41 Å². The summed E-state index contributed by atoms with van der Waals surface area (Å²) in [6.07, 6.45) is 0.519. The lowest BCUT2D eigenvalue weighted by Gasteiger charge is -2.17. The molecule has 1 aromatic rings. The molecular weight excluding hydrogens is 228 g/mol. The van der Waals surface area contributed by atoms with Crippen LogP contribution in [0.3, 0.4) is 0 Å². The van der Waals surface area contributed by atoms with Gasteiger partial charge in [0.2, 0.25) is 5.91 Å². The third-order valence-corrected chi connectivity index (χ3v) is 2.24. The molecule has 4 nitrogen and oxygen atoms in total. The summed E-state index contributed by atoms with van der Waals surface area (Å²) >= 11 is 0. The lowest BCUT2D eigenvalue weighted by molar-refractivity contribution is -0.122. The quantitative estimate of drug-likeness (QED) is 0.622. The molecular formula is C14H22N2O2. The molecule has 100 valence electrons. The zero-order valence-electron chi connectivity index (χ0n) is 11.3. The van der Waals surface area contributed by atoms with Gasteiger partial charge in [0.15, 0.2) is 0 Å². The van der Waals surface area contributed by atoms with Crippen LogP contribution < -0.4 is 15.8 Å². The molecule has 0 spiro atoms. The van der Waals surface area contributed by atoms with Gasteiger partial charge in [-0.1, -0.05) is 26.8 Å². The Labute approximate surface area is 109 Å². The Bertz CT molecular complexity index is 397. The minimum absolute atomic E-state index is 0.0127. The van der Waals surface area contributed by atoms with E-state index in [0.717, 1.165) is 5.75 Å². The molecule has 0 atom stereocenters. The number of amides is 1. The van der Waals surface area contributed by atoms with Gasteiger partial charge >= 0.3 is 0 Å². The first kappa shape index (κ1) is 14.4. The highest BCUT2D eigenvalue weighted by atomic mass is 16.5. The van der Waals surface area contributed by atoms with E-state index in [1.54, 1.807) is 12.1 Å². The van der Waals surface area contributed by atoms with Crippen molar-refractivity contribution < 1.29 is 9.53 Å². The molecule has 0 aromatic heterocycles. The second-order valence-corrected chi connectivity index (χ2v) is 5.51. The van der Waals surface area contributed by atoms with Crippen LogP contribution in [0, 0.1) is 5.41 Å². The Hall–Kier alpha value is -1.71. The van der Waals surface area contributed by atoms with Crippen LogP contribution in [0.2, 0.25) is 0 Å². The van der Waals surface area contributed by atoms with E-state index in [2.05, 4.69) is 5.32 Å². The molecule has 0 fully saturated rings. The van der Waals surface area contributed by atoms with Crippen LogP contribution in [0.5, 0.6) is 5.75 Å². The minimum atomic E-state index is 0.0127. The second kappa shape index (κ2) is 6.28. The molecule has 0 aliphatic carbocycles. The number of hydrogen-bond donors (Lipinski definition) is 2. The smallest absolute Gasteiger partial charge is 0.220 e. The Kier molecular flexibility index (Phi) is 5.01. The number of anilines is 1. The largest absolute Gasteiger partial charge is 0.492 e. The molecule has 1 amide bonds. The molecule has 1 rings (SSSR count). The van der Waals surface area contributed by atoms with Crippen LogP contribution in [0.1, 0.15) is 27.2 Å². The van der Waals surface area contributed by atoms with Crippen molar-refractivity contribution >= 4 is 11.6 Å². The van der Waals surface area contributed by atoms with Crippen molar-refractivity contribution in [3.63, 3.8) is 0 Å². The predicted molar refractivity (Wildman–Crippen MR) is 73.4 cm³/mol. The summed E-state index contributed by atoms with van der Waals surface area (Å²) in [6.45, 7) is 7.06. The normalized spacial score (nSPS) is 11.1. The Morgan fingerprint density at radius 2 is 2.11 bits per heavy atom. The molecule has 4 heteroatoms. The van der Waals surface area contributed by atoms with Crippen LogP contribution in [-0.4, -0.2) is 19.1 Å². The third kappa shape index (κ3) is 6.13. The zero-order valence-corrected chi connectivity index (χ0v) is 11.3. The Morgan fingerprint density at radius 3 is 2.72 bits per heavy atom. The summed E-state index contributed by atoms with van der Waals surface area (Å²) in [5.74, 6) is 0.777. The van der Waals surface area contributed by atoms with E-state index >= 15 is 0 Å². The molecule has 0 aliphatic rings. The van der Waals surface area contributed by atoms with Crippen molar-refractivity contribution in [2.75, 3.05) is 18.9 Å². The number of hydrogen-bond acceptors (Lipinski definition) is 3. The van der Waals surface area contributed by atoms with Crippen molar-refractivity contribution in [1.29, 1.82) is 0 Å². The number of nitrogens with one attached hydrogen (secondary N) is 1. The maximum atomic E-state index is 11.5. The first-order valence-corrected chi connectivity index (χ1v) is 6.12. The fourth-order valence-electron chi connectivity index (χ4n) is 1.51. The SMILES string of the molecule is CC(C)(C)CC(=O)NCCOc1cccc(N)c1. The number of carbonyl (C=O) groups is 1. The fraction of sp³-hybridized carbons (Fsp3) is 0.500. The molecule has 1 aromatic carbocycles. The molecule has 0 unspecified atom stereocenters. The van der Waals surface area contributed by atoms with E-state index in [-0.39, 0.29) is 11.3 Å². The third-order valence-electron chi connectivity index (χ3n) is 2.24. The monoisotopic (exact) mass is 250 g/mol. The number of benzene rings is 1. The van der Waals surface area contributed by atoms with E-state index in [9.17, 15) is 4.79 Å². The summed E-state index contributed by atoms with van der Waals surface area (Å²) < 4.78 is 5.47. The van der Waals surface area contributed by atoms with Gasteiger partial charge in [-0.05, 0) is 17.5 Å². The van der Waals surface area contributed by atoms with Gasteiger partial charge in [-0.3, -0.25) is 4.79 Å². The van der Waals surface area contributed by atoms with E-state index in [1.807, 2.05) is 32.9 Å². The topological polar surface area (TPSA) is 64.3 Å². The van der Waals surface area contributed by atoms with Crippen LogP contribution in [0.25, 0.3) is 0 Å². The van der Waals surface area contributed by atoms with Crippen molar-refractivity contribution in [3.8, 4) is 5.75 Å². The van der Waals surface area contributed by atoms with Crippen molar-refractivity contribution in [1.82, 2.24) is 5.32 Å². The number of carbonyl (C=O) groups excluding carboxylic acids is 1. The summed E-state index contributed by atoms with van der Waals surface area (Å²) in [7, 11) is 0.